The standard InChI is InChI=1S/C11H18N2O/c1-8(2)4-5-10(14)11-12-6-9(3)7-13-11/h6-8,10,14H,4-5H2,1-3H3. The number of rotatable bonds is 4. The van der Waals surface area contributed by atoms with Gasteiger partial charge in [0.2, 0.25) is 0 Å². The SMILES string of the molecule is Cc1cnc(C(O)CCC(C)C)nc1. The van der Waals surface area contributed by atoms with Crippen LogP contribution in [0.1, 0.15) is 44.2 Å². The fourth-order valence-electron chi connectivity index (χ4n) is 1.19. The predicted octanol–water partition coefficient (Wildman–Crippen LogP) is 2.25. The minimum absolute atomic E-state index is 0.516. The maximum atomic E-state index is 9.74. The van der Waals surface area contributed by atoms with Gasteiger partial charge in [0.15, 0.2) is 5.82 Å². The number of nitrogens with zero attached hydrogens (tertiary/aromatic N) is 2. The van der Waals surface area contributed by atoms with Gasteiger partial charge in [0, 0.05) is 12.4 Å². The molecule has 0 amide bonds. The van der Waals surface area contributed by atoms with Gasteiger partial charge in [-0.3, -0.25) is 0 Å². The Morgan fingerprint density at radius 1 is 1.21 bits per heavy atom. The molecule has 0 saturated heterocycles. The van der Waals surface area contributed by atoms with Crippen LogP contribution in [0, 0.1) is 12.8 Å². The summed E-state index contributed by atoms with van der Waals surface area (Å²) < 4.78 is 0. The highest BCUT2D eigenvalue weighted by Gasteiger charge is 2.10. The summed E-state index contributed by atoms with van der Waals surface area (Å²) >= 11 is 0. The van der Waals surface area contributed by atoms with Gasteiger partial charge < -0.3 is 5.11 Å². The van der Waals surface area contributed by atoms with E-state index in [1.54, 1.807) is 12.4 Å². The molecule has 0 aliphatic heterocycles. The van der Waals surface area contributed by atoms with E-state index >= 15 is 0 Å². The Bertz CT molecular complexity index is 269. The predicted molar refractivity (Wildman–Crippen MR) is 55.8 cm³/mol. The van der Waals surface area contributed by atoms with E-state index in [9.17, 15) is 5.11 Å². The lowest BCUT2D eigenvalue weighted by atomic mass is 10.0. The maximum Gasteiger partial charge on any atom is 0.156 e. The monoisotopic (exact) mass is 194 g/mol. The van der Waals surface area contributed by atoms with Crippen molar-refractivity contribution in [2.24, 2.45) is 5.92 Å². The molecule has 3 heteroatoms. The quantitative estimate of drug-likeness (QED) is 0.799. The van der Waals surface area contributed by atoms with Crippen LogP contribution in [0.4, 0.5) is 0 Å². The first-order valence-corrected chi connectivity index (χ1v) is 5.06. The van der Waals surface area contributed by atoms with Gasteiger partial charge in [-0.25, -0.2) is 9.97 Å². The lowest BCUT2D eigenvalue weighted by molar-refractivity contribution is 0.149. The van der Waals surface area contributed by atoms with Crippen molar-refractivity contribution in [1.82, 2.24) is 9.97 Å². The third-order valence-corrected chi connectivity index (χ3v) is 2.12. The molecule has 3 nitrogen and oxygen atoms in total. The fourth-order valence-corrected chi connectivity index (χ4v) is 1.19. The van der Waals surface area contributed by atoms with Crippen LogP contribution >= 0.6 is 0 Å². The maximum absolute atomic E-state index is 9.74. The summed E-state index contributed by atoms with van der Waals surface area (Å²) in [5, 5.41) is 9.74. The normalized spacial score (nSPS) is 13.2. The van der Waals surface area contributed by atoms with Crippen LogP contribution in [0.25, 0.3) is 0 Å². The average molecular weight is 194 g/mol. The van der Waals surface area contributed by atoms with Crippen molar-refractivity contribution in [3.63, 3.8) is 0 Å². The van der Waals surface area contributed by atoms with Gasteiger partial charge in [-0.1, -0.05) is 13.8 Å². The Balaban J connectivity index is 2.52. The summed E-state index contributed by atoms with van der Waals surface area (Å²) in [6, 6.07) is 0. The second kappa shape index (κ2) is 5.05. The van der Waals surface area contributed by atoms with Crippen molar-refractivity contribution >= 4 is 0 Å². The Morgan fingerprint density at radius 3 is 2.29 bits per heavy atom. The van der Waals surface area contributed by atoms with Gasteiger partial charge >= 0.3 is 0 Å². The van der Waals surface area contributed by atoms with Crippen LogP contribution in [0.2, 0.25) is 0 Å². The van der Waals surface area contributed by atoms with Crippen LogP contribution in [0.15, 0.2) is 12.4 Å². The summed E-state index contributed by atoms with van der Waals surface area (Å²) in [4.78, 5) is 8.19. The molecule has 78 valence electrons. The second-order valence-corrected chi connectivity index (χ2v) is 4.11. The number of aliphatic hydroxyl groups is 1. The van der Waals surface area contributed by atoms with Crippen LogP contribution in [0.5, 0.6) is 0 Å². The van der Waals surface area contributed by atoms with Gasteiger partial charge in [0.1, 0.15) is 6.10 Å². The smallest absolute Gasteiger partial charge is 0.156 e. The van der Waals surface area contributed by atoms with E-state index in [4.69, 9.17) is 0 Å². The molecule has 1 aromatic rings. The van der Waals surface area contributed by atoms with Crippen molar-refractivity contribution in [1.29, 1.82) is 0 Å². The molecule has 14 heavy (non-hydrogen) atoms. The molecular weight excluding hydrogens is 176 g/mol. The lowest BCUT2D eigenvalue weighted by Crippen LogP contribution is -2.04. The van der Waals surface area contributed by atoms with Gasteiger partial charge in [-0.2, -0.15) is 0 Å². The van der Waals surface area contributed by atoms with Crippen molar-refractivity contribution in [2.75, 3.05) is 0 Å². The Kier molecular flexibility index (Phi) is 4.01. The van der Waals surface area contributed by atoms with Gasteiger partial charge in [-0.05, 0) is 31.2 Å². The highest BCUT2D eigenvalue weighted by atomic mass is 16.3. The molecule has 1 unspecified atom stereocenters. The summed E-state index contributed by atoms with van der Waals surface area (Å²) in [7, 11) is 0. The van der Waals surface area contributed by atoms with Crippen LogP contribution in [0.3, 0.4) is 0 Å². The molecule has 1 N–H and O–H groups in total. The third-order valence-electron chi connectivity index (χ3n) is 2.12. The number of aryl methyl sites for hydroxylation is 1. The summed E-state index contributed by atoms with van der Waals surface area (Å²) in [6.45, 7) is 6.22. The summed E-state index contributed by atoms with van der Waals surface area (Å²) in [6.07, 6.45) is 4.69. The number of aromatic nitrogens is 2. The van der Waals surface area contributed by atoms with Crippen LogP contribution in [-0.2, 0) is 0 Å². The summed E-state index contributed by atoms with van der Waals surface area (Å²) in [5.74, 6) is 1.14. The van der Waals surface area contributed by atoms with Gasteiger partial charge in [0.05, 0.1) is 0 Å². The average Bonchev–Trinajstić information content (AvgIpc) is 2.15. The topological polar surface area (TPSA) is 46.0 Å². The van der Waals surface area contributed by atoms with Crippen molar-refractivity contribution in [3.8, 4) is 0 Å². The largest absolute Gasteiger partial charge is 0.385 e. The molecule has 0 saturated carbocycles. The number of aliphatic hydroxyl groups excluding tert-OH is 1. The molecule has 0 aromatic carbocycles. The van der Waals surface area contributed by atoms with E-state index in [1.807, 2.05) is 6.92 Å². The van der Waals surface area contributed by atoms with Crippen molar-refractivity contribution < 1.29 is 5.11 Å². The van der Waals surface area contributed by atoms with Crippen LogP contribution < -0.4 is 0 Å². The first-order chi connectivity index (χ1) is 6.59. The molecule has 0 aliphatic carbocycles. The van der Waals surface area contributed by atoms with E-state index in [-0.39, 0.29) is 0 Å². The van der Waals surface area contributed by atoms with E-state index in [0.29, 0.717) is 11.7 Å². The molecule has 1 aromatic heterocycles. The minimum atomic E-state index is -0.516. The van der Waals surface area contributed by atoms with Crippen molar-refractivity contribution in [3.05, 3.63) is 23.8 Å². The highest BCUT2D eigenvalue weighted by molar-refractivity contribution is 5.03. The molecule has 1 heterocycles. The lowest BCUT2D eigenvalue weighted by Gasteiger charge is -2.10. The number of hydrogen-bond acceptors (Lipinski definition) is 3. The summed E-state index contributed by atoms with van der Waals surface area (Å²) in [5.41, 5.74) is 1.02. The zero-order valence-corrected chi connectivity index (χ0v) is 9.07. The van der Waals surface area contributed by atoms with Gasteiger partial charge in [-0.15, -0.1) is 0 Å². The third kappa shape index (κ3) is 3.42. The van der Waals surface area contributed by atoms with E-state index < -0.39 is 6.10 Å². The van der Waals surface area contributed by atoms with E-state index in [1.165, 1.54) is 0 Å². The molecule has 0 aliphatic rings. The molecular formula is C11H18N2O. The molecule has 0 bridgehead atoms. The minimum Gasteiger partial charge on any atom is -0.385 e. The Labute approximate surface area is 85.2 Å². The molecule has 1 rings (SSSR count). The fraction of sp³-hybridized carbons (Fsp3) is 0.636. The number of hydrogen-bond donors (Lipinski definition) is 1. The molecule has 0 spiro atoms. The van der Waals surface area contributed by atoms with Crippen LogP contribution in [-0.4, -0.2) is 15.1 Å². The zero-order chi connectivity index (χ0) is 10.6. The Hall–Kier alpha value is -0.960. The van der Waals surface area contributed by atoms with E-state index in [0.717, 1.165) is 18.4 Å². The highest BCUT2D eigenvalue weighted by Crippen LogP contribution is 2.17. The van der Waals surface area contributed by atoms with E-state index in [2.05, 4.69) is 23.8 Å². The van der Waals surface area contributed by atoms with Crippen molar-refractivity contribution in [2.45, 2.75) is 39.7 Å². The first-order valence-electron chi connectivity index (χ1n) is 5.06. The second-order valence-electron chi connectivity index (χ2n) is 4.11. The first kappa shape index (κ1) is 11.1. The Morgan fingerprint density at radius 2 is 1.79 bits per heavy atom. The zero-order valence-electron chi connectivity index (χ0n) is 9.07. The molecule has 1 atom stereocenters. The molecule has 0 fully saturated rings. The van der Waals surface area contributed by atoms with Gasteiger partial charge in [0.25, 0.3) is 0 Å². The molecule has 0 radical (unpaired) electrons.